The van der Waals surface area contributed by atoms with Gasteiger partial charge in [0, 0.05) is 5.56 Å². The number of halogens is 2. The van der Waals surface area contributed by atoms with Crippen LogP contribution in [-0.2, 0) is 6.61 Å². The minimum atomic E-state index is -0.318. The third-order valence-electron chi connectivity index (χ3n) is 4.54. The molecule has 0 bridgehead atoms. The van der Waals surface area contributed by atoms with Crippen LogP contribution in [0.15, 0.2) is 65.8 Å². The number of hydrogen-bond acceptors (Lipinski definition) is 5. The predicted molar refractivity (Wildman–Crippen MR) is 131 cm³/mol. The van der Waals surface area contributed by atoms with Crippen LogP contribution in [0.1, 0.15) is 34.8 Å². The number of carbonyl (C=O) groups excluding carboxylic acids is 1. The number of amides is 1. The van der Waals surface area contributed by atoms with E-state index in [0.717, 1.165) is 23.3 Å². The van der Waals surface area contributed by atoms with Crippen molar-refractivity contribution in [2.75, 3.05) is 13.7 Å². The van der Waals surface area contributed by atoms with Crippen molar-refractivity contribution in [2.24, 2.45) is 5.10 Å². The first-order chi connectivity index (χ1) is 16.0. The summed E-state index contributed by atoms with van der Waals surface area (Å²) in [6.45, 7) is 2.98. The maximum Gasteiger partial charge on any atom is 0.271 e. The van der Waals surface area contributed by atoms with Gasteiger partial charge in [-0.3, -0.25) is 4.79 Å². The lowest BCUT2D eigenvalue weighted by atomic mass is 10.2. The molecular formula is C25H24Cl2N2O4. The Morgan fingerprint density at radius 1 is 0.970 bits per heavy atom. The summed E-state index contributed by atoms with van der Waals surface area (Å²) in [6, 6.07) is 17.6. The molecular weight excluding hydrogens is 463 g/mol. The van der Waals surface area contributed by atoms with E-state index in [1.54, 1.807) is 55.6 Å². The van der Waals surface area contributed by atoms with Gasteiger partial charge in [-0.2, -0.15) is 5.10 Å². The molecule has 0 aromatic heterocycles. The first-order valence-electron chi connectivity index (χ1n) is 10.3. The molecule has 0 aliphatic carbocycles. The molecule has 0 atom stereocenters. The van der Waals surface area contributed by atoms with Gasteiger partial charge >= 0.3 is 0 Å². The summed E-state index contributed by atoms with van der Waals surface area (Å²) in [4.78, 5) is 12.3. The van der Waals surface area contributed by atoms with Crippen LogP contribution in [0.5, 0.6) is 17.2 Å². The molecule has 0 fully saturated rings. The van der Waals surface area contributed by atoms with Crippen molar-refractivity contribution in [3.8, 4) is 17.2 Å². The highest BCUT2D eigenvalue weighted by Crippen LogP contribution is 2.29. The number of carbonyl (C=O) groups is 1. The van der Waals surface area contributed by atoms with E-state index in [1.165, 1.54) is 6.21 Å². The maximum absolute atomic E-state index is 12.3. The number of ether oxygens (including phenoxy) is 3. The minimum absolute atomic E-state index is 0.305. The Kier molecular flexibility index (Phi) is 8.98. The number of rotatable bonds is 10. The van der Waals surface area contributed by atoms with Gasteiger partial charge in [-0.05, 0) is 72.1 Å². The largest absolute Gasteiger partial charge is 0.494 e. The van der Waals surface area contributed by atoms with E-state index in [-0.39, 0.29) is 5.91 Å². The van der Waals surface area contributed by atoms with Gasteiger partial charge in [-0.25, -0.2) is 5.43 Å². The summed E-state index contributed by atoms with van der Waals surface area (Å²) in [7, 11) is 1.55. The number of nitrogens with one attached hydrogen (secondary N) is 1. The average molecular weight is 487 g/mol. The third kappa shape index (κ3) is 7.14. The molecule has 0 saturated heterocycles. The lowest BCUT2D eigenvalue weighted by Gasteiger charge is -2.11. The molecule has 6 nitrogen and oxygen atoms in total. The lowest BCUT2D eigenvalue weighted by molar-refractivity contribution is 0.0955. The van der Waals surface area contributed by atoms with Crippen molar-refractivity contribution >= 4 is 35.3 Å². The van der Waals surface area contributed by atoms with Crippen LogP contribution in [0.4, 0.5) is 0 Å². The first kappa shape index (κ1) is 24.4. The van der Waals surface area contributed by atoms with Gasteiger partial charge in [0.25, 0.3) is 5.91 Å². The van der Waals surface area contributed by atoms with Crippen LogP contribution >= 0.6 is 23.2 Å². The second kappa shape index (κ2) is 12.1. The fourth-order valence-corrected chi connectivity index (χ4v) is 3.15. The van der Waals surface area contributed by atoms with E-state index in [4.69, 9.17) is 37.4 Å². The highest BCUT2D eigenvalue weighted by Gasteiger charge is 2.08. The minimum Gasteiger partial charge on any atom is -0.494 e. The van der Waals surface area contributed by atoms with Gasteiger partial charge in [-0.15, -0.1) is 0 Å². The Labute approximate surface area is 203 Å². The van der Waals surface area contributed by atoms with Crippen LogP contribution in [-0.4, -0.2) is 25.8 Å². The van der Waals surface area contributed by atoms with Crippen LogP contribution in [0, 0.1) is 0 Å². The lowest BCUT2D eigenvalue weighted by Crippen LogP contribution is -2.17. The van der Waals surface area contributed by atoms with Gasteiger partial charge in [-0.1, -0.05) is 36.2 Å². The van der Waals surface area contributed by atoms with Crippen LogP contribution in [0.25, 0.3) is 0 Å². The summed E-state index contributed by atoms with van der Waals surface area (Å²) >= 11 is 12.0. The summed E-state index contributed by atoms with van der Waals surface area (Å²) in [5, 5.41) is 4.99. The number of methoxy groups -OCH3 is 1. The van der Waals surface area contributed by atoms with Crippen LogP contribution < -0.4 is 19.6 Å². The van der Waals surface area contributed by atoms with E-state index >= 15 is 0 Å². The van der Waals surface area contributed by atoms with Crippen molar-refractivity contribution in [3.63, 3.8) is 0 Å². The fourth-order valence-electron chi connectivity index (χ4n) is 2.83. The van der Waals surface area contributed by atoms with Crippen LogP contribution in [0.3, 0.4) is 0 Å². The second-order valence-corrected chi connectivity index (χ2v) is 7.83. The highest BCUT2D eigenvalue weighted by molar-refractivity contribution is 6.42. The fraction of sp³-hybridized carbons (Fsp3) is 0.200. The number of hydrogen-bond donors (Lipinski definition) is 1. The first-order valence-corrected chi connectivity index (χ1v) is 11.1. The Bertz CT molecular complexity index is 1120. The van der Waals surface area contributed by atoms with E-state index in [2.05, 4.69) is 10.5 Å². The zero-order chi connectivity index (χ0) is 23.6. The molecule has 3 aromatic carbocycles. The monoisotopic (exact) mass is 486 g/mol. The molecule has 33 heavy (non-hydrogen) atoms. The molecule has 0 unspecified atom stereocenters. The number of nitrogens with zero attached hydrogens (tertiary/aromatic N) is 1. The Balaban J connectivity index is 1.58. The molecule has 172 valence electrons. The summed E-state index contributed by atoms with van der Waals surface area (Å²) in [6.07, 6.45) is 2.45. The van der Waals surface area contributed by atoms with E-state index in [1.807, 2.05) is 19.1 Å². The molecule has 0 aliphatic heterocycles. The maximum atomic E-state index is 12.3. The average Bonchev–Trinajstić information content (AvgIpc) is 2.84. The summed E-state index contributed by atoms with van der Waals surface area (Å²) < 4.78 is 16.8. The SMILES string of the molecule is CCCOc1ccc(C(=O)N/N=C\c2ccc(OCc3ccc(Cl)c(Cl)c3)c(OC)c2)cc1. The molecule has 0 heterocycles. The van der Waals surface area contributed by atoms with Crippen molar-refractivity contribution in [3.05, 3.63) is 87.4 Å². The standard InChI is InChI=1S/C25H24Cl2N2O4/c1-3-12-32-20-8-6-19(7-9-20)25(30)29-28-15-17-5-11-23(24(14-17)31-2)33-16-18-4-10-21(26)22(27)13-18/h4-11,13-15H,3,12,16H2,1-2H3,(H,29,30)/b28-15-. The van der Waals surface area contributed by atoms with E-state index in [0.29, 0.717) is 40.3 Å². The van der Waals surface area contributed by atoms with Gasteiger partial charge in [0.15, 0.2) is 11.5 Å². The number of hydrazone groups is 1. The third-order valence-corrected chi connectivity index (χ3v) is 5.27. The Hall–Kier alpha value is -3.22. The molecule has 1 amide bonds. The molecule has 1 N–H and O–H groups in total. The second-order valence-electron chi connectivity index (χ2n) is 7.02. The molecule has 0 aliphatic rings. The zero-order valence-electron chi connectivity index (χ0n) is 18.3. The summed E-state index contributed by atoms with van der Waals surface area (Å²) in [5.41, 5.74) is 4.61. The van der Waals surface area contributed by atoms with Crippen molar-refractivity contribution in [1.29, 1.82) is 0 Å². The predicted octanol–water partition coefficient (Wildman–Crippen LogP) is 6.13. The number of benzene rings is 3. The van der Waals surface area contributed by atoms with E-state index in [9.17, 15) is 4.79 Å². The van der Waals surface area contributed by atoms with Gasteiger partial charge in [0.05, 0.1) is 30.0 Å². The Morgan fingerprint density at radius 2 is 1.76 bits per heavy atom. The van der Waals surface area contributed by atoms with Gasteiger partial charge in [0.1, 0.15) is 12.4 Å². The molecule has 3 aromatic rings. The molecule has 0 spiro atoms. The quantitative estimate of drug-likeness (QED) is 0.276. The smallest absolute Gasteiger partial charge is 0.271 e. The van der Waals surface area contributed by atoms with Crippen LogP contribution in [0.2, 0.25) is 10.0 Å². The van der Waals surface area contributed by atoms with Crippen molar-refractivity contribution < 1.29 is 19.0 Å². The van der Waals surface area contributed by atoms with E-state index < -0.39 is 0 Å². The van der Waals surface area contributed by atoms with Crippen molar-refractivity contribution in [2.45, 2.75) is 20.0 Å². The highest BCUT2D eigenvalue weighted by atomic mass is 35.5. The van der Waals surface area contributed by atoms with Gasteiger partial charge in [0.2, 0.25) is 0 Å². The van der Waals surface area contributed by atoms with Gasteiger partial charge < -0.3 is 14.2 Å². The topological polar surface area (TPSA) is 69.2 Å². The van der Waals surface area contributed by atoms with Crippen molar-refractivity contribution in [1.82, 2.24) is 5.43 Å². The molecule has 0 saturated carbocycles. The molecule has 8 heteroatoms. The normalized spacial score (nSPS) is 10.8. The molecule has 3 rings (SSSR count). The summed E-state index contributed by atoms with van der Waals surface area (Å²) in [5.74, 6) is 1.51. The Morgan fingerprint density at radius 3 is 2.45 bits per heavy atom. The zero-order valence-corrected chi connectivity index (χ0v) is 19.8. The molecule has 0 radical (unpaired) electrons.